The van der Waals surface area contributed by atoms with Crippen molar-refractivity contribution < 1.29 is 9.63 Å². The van der Waals surface area contributed by atoms with Crippen molar-refractivity contribution in [1.82, 2.24) is 5.48 Å². The van der Waals surface area contributed by atoms with Crippen LogP contribution < -0.4 is 11.2 Å². The van der Waals surface area contributed by atoms with E-state index in [4.69, 9.17) is 10.6 Å². The van der Waals surface area contributed by atoms with E-state index in [1.165, 1.54) is 0 Å². The summed E-state index contributed by atoms with van der Waals surface area (Å²) in [6.45, 7) is 0.199. The van der Waals surface area contributed by atoms with E-state index < -0.39 is 0 Å². The lowest BCUT2D eigenvalue weighted by Crippen LogP contribution is -2.23. The summed E-state index contributed by atoms with van der Waals surface area (Å²) in [4.78, 5) is 17.3. The number of rotatable bonds is 5. The van der Waals surface area contributed by atoms with Gasteiger partial charge in [-0.2, -0.15) is 0 Å². The molecule has 0 radical (unpaired) electrons. The number of anilines is 1. The molecule has 3 aromatic carbocycles. The maximum atomic E-state index is 11.9. The standard InChI is InChI=1S/C20H18N2O2/c21-19-12-11-17(15-7-3-1-4-8-15)13-18(19)14-24-22-20(23)16-9-5-2-6-10-16/h1-13H,14,21H2,(H,22,23). The fourth-order valence-electron chi connectivity index (χ4n) is 2.37. The van der Waals surface area contributed by atoms with Crippen LogP contribution in [-0.2, 0) is 11.4 Å². The molecule has 0 saturated carbocycles. The molecule has 0 aliphatic heterocycles. The highest BCUT2D eigenvalue weighted by atomic mass is 16.6. The van der Waals surface area contributed by atoms with Crippen molar-refractivity contribution in [3.8, 4) is 11.1 Å². The van der Waals surface area contributed by atoms with Gasteiger partial charge in [0.15, 0.2) is 0 Å². The van der Waals surface area contributed by atoms with Gasteiger partial charge in [-0.3, -0.25) is 9.63 Å². The number of carbonyl (C=O) groups excluding carboxylic acids is 1. The summed E-state index contributed by atoms with van der Waals surface area (Å²) in [5.74, 6) is -0.284. The number of nitrogen functional groups attached to an aromatic ring is 1. The number of carbonyl (C=O) groups is 1. The zero-order valence-corrected chi connectivity index (χ0v) is 13.1. The zero-order valence-electron chi connectivity index (χ0n) is 13.1. The number of hydroxylamine groups is 1. The van der Waals surface area contributed by atoms with Crippen molar-refractivity contribution in [2.45, 2.75) is 6.61 Å². The Balaban J connectivity index is 1.66. The predicted octanol–water partition coefficient (Wildman–Crippen LogP) is 3.80. The normalized spacial score (nSPS) is 10.3. The number of hydrogen-bond donors (Lipinski definition) is 2. The third-order valence-corrected chi connectivity index (χ3v) is 3.68. The minimum Gasteiger partial charge on any atom is -0.398 e. The first-order chi connectivity index (χ1) is 11.7. The van der Waals surface area contributed by atoms with Gasteiger partial charge in [-0.1, -0.05) is 54.6 Å². The van der Waals surface area contributed by atoms with E-state index in [1.807, 2.05) is 54.6 Å². The minimum absolute atomic E-state index is 0.199. The van der Waals surface area contributed by atoms with Gasteiger partial charge in [0.05, 0.1) is 0 Å². The van der Waals surface area contributed by atoms with E-state index in [0.717, 1.165) is 16.7 Å². The summed E-state index contributed by atoms with van der Waals surface area (Å²) in [7, 11) is 0. The number of hydrogen-bond acceptors (Lipinski definition) is 3. The highest BCUT2D eigenvalue weighted by Gasteiger charge is 2.07. The van der Waals surface area contributed by atoms with E-state index >= 15 is 0 Å². The number of amides is 1. The third kappa shape index (κ3) is 3.80. The molecule has 120 valence electrons. The number of nitrogens with one attached hydrogen (secondary N) is 1. The van der Waals surface area contributed by atoms with E-state index in [9.17, 15) is 4.79 Å². The lowest BCUT2D eigenvalue weighted by molar-refractivity contribution is 0.0235. The average Bonchev–Trinajstić information content (AvgIpc) is 2.64. The van der Waals surface area contributed by atoms with Gasteiger partial charge in [0.1, 0.15) is 6.61 Å². The molecule has 0 aliphatic carbocycles. The van der Waals surface area contributed by atoms with Crippen LogP contribution in [0.15, 0.2) is 78.9 Å². The van der Waals surface area contributed by atoms with Crippen LogP contribution in [0.4, 0.5) is 5.69 Å². The van der Waals surface area contributed by atoms with Crippen LogP contribution >= 0.6 is 0 Å². The maximum Gasteiger partial charge on any atom is 0.274 e. The molecular formula is C20H18N2O2. The Kier molecular flexibility index (Phi) is 4.89. The second-order valence-corrected chi connectivity index (χ2v) is 5.37. The van der Waals surface area contributed by atoms with Gasteiger partial charge in [0, 0.05) is 16.8 Å². The molecule has 1 amide bonds. The fourth-order valence-corrected chi connectivity index (χ4v) is 2.37. The zero-order chi connectivity index (χ0) is 16.8. The number of benzene rings is 3. The van der Waals surface area contributed by atoms with Gasteiger partial charge in [-0.25, -0.2) is 5.48 Å². The SMILES string of the molecule is Nc1ccc(-c2ccccc2)cc1CONC(=O)c1ccccc1. The molecule has 3 rings (SSSR count). The highest BCUT2D eigenvalue weighted by molar-refractivity contribution is 5.93. The minimum atomic E-state index is -0.284. The lowest BCUT2D eigenvalue weighted by atomic mass is 10.0. The smallest absolute Gasteiger partial charge is 0.274 e. The summed E-state index contributed by atoms with van der Waals surface area (Å²) in [6.07, 6.45) is 0. The van der Waals surface area contributed by atoms with Crippen LogP contribution in [0.25, 0.3) is 11.1 Å². The topological polar surface area (TPSA) is 64.3 Å². The summed E-state index contributed by atoms with van der Waals surface area (Å²) in [6, 6.07) is 24.7. The fraction of sp³-hybridized carbons (Fsp3) is 0.0500. The van der Waals surface area contributed by atoms with Crippen LogP contribution in [0.5, 0.6) is 0 Å². The van der Waals surface area contributed by atoms with Crippen LogP contribution in [0.1, 0.15) is 15.9 Å². The van der Waals surface area contributed by atoms with Gasteiger partial charge >= 0.3 is 0 Å². The predicted molar refractivity (Wildman–Crippen MR) is 95.0 cm³/mol. The summed E-state index contributed by atoms with van der Waals surface area (Å²) in [5, 5.41) is 0. The Bertz CT molecular complexity index is 818. The molecule has 3 aromatic rings. The number of nitrogens with two attached hydrogens (primary N) is 1. The van der Waals surface area contributed by atoms with Crippen molar-refractivity contribution in [3.05, 3.63) is 90.0 Å². The van der Waals surface area contributed by atoms with Gasteiger partial charge in [0.2, 0.25) is 0 Å². The van der Waals surface area contributed by atoms with Crippen LogP contribution in [0.2, 0.25) is 0 Å². The van der Waals surface area contributed by atoms with E-state index in [1.54, 1.807) is 24.3 Å². The van der Waals surface area contributed by atoms with Crippen molar-refractivity contribution >= 4 is 11.6 Å². The summed E-state index contributed by atoms with van der Waals surface area (Å²) in [5.41, 5.74) is 12.6. The molecule has 0 spiro atoms. The first-order valence-electron chi connectivity index (χ1n) is 7.65. The third-order valence-electron chi connectivity index (χ3n) is 3.68. The molecule has 24 heavy (non-hydrogen) atoms. The molecule has 0 heterocycles. The van der Waals surface area contributed by atoms with Gasteiger partial charge in [-0.15, -0.1) is 0 Å². The molecule has 0 saturated heterocycles. The average molecular weight is 318 g/mol. The Hall–Kier alpha value is -3.11. The van der Waals surface area contributed by atoms with Crippen molar-refractivity contribution in [2.75, 3.05) is 5.73 Å². The van der Waals surface area contributed by atoms with Crippen LogP contribution in [-0.4, -0.2) is 5.91 Å². The highest BCUT2D eigenvalue weighted by Crippen LogP contribution is 2.24. The van der Waals surface area contributed by atoms with Gasteiger partial charge in [-0.05, 0) is 35.4 Å². The van der Waals surface area contributed by atoms with E-state index in [2.05, 4.69) is 5.48 Å². The molecule has 0 atom stereocenters. The lowest BCUT2D eigenvalue weighted by Gasteiger charge is -2.10. The quantitative estimate of drug-likeness (QED) is 0.555. The molecule has 0 aromatic heterocycles. The van der Waals surface area contributed by atoms with Crippen LogP contribution in [0.3, 0.4) is 0 Å². The first-order valence-corrected chi connectivity index (χ1v) is 7.65. The Morgan fingerprint density at radius 1 is 0.875 bits per heavy atom. The summed E-state index contributed by atoms with van der Waals surface area (Å²) >= 11 is 0. The van der Waals surface area contributed by atoms with Crippen molar-refractivity contribution in [2.24, 2.45) is 0 Å². The second kappa shape index (κ2) is 7.44. The van der Waals surface area contributed by atoms with Crippen molar-refractivity contribution in [3.63, 3.8) is 0 Å². The monoisotopic (exact) mass is 318 g/mol. The Morgan fingerprint density at radius 2 is 1.54 bits per heavy atom. The van der Waals surface area contributed by atoms with E-state index in [-0.39, 0.29) is 12.5 Å². The molecule has 0 bridgehead atoms. The van der Waals surface area contributed by atoms with Crippen LogP contribution in [0, 0.1) is 0 Å². The molecule has 0 unspecified atom stereocenters. The first kappa shape index (κ1) is 15.8. The Morgan fingerprint density at radius 3 is 2.25 bits per heavy atom. The molecular weight excluding hydrogens is 300 g/mol. The molecule has 3 N–H and O–H groups in total. The van der Waals surface area contributed by atoms with E-state index in [0.29, 0.717) is 11.3 Å². The molecule has 4 nitrogen and oxygen atoms in total. The largest absolute Gasteiger partial charge is 0.398 e. The summed E-state index contributed by atoms with van der Waals surface area (Å²) < 4.78 is 0. The van der Waals surface area contributed by atoms with Gasteiger partial charge in [0.25, 0.3) is 5.91 Å². The van der Waals surface area contributed by atoms with Crippen molar-refractivity contribution in [1.29, 1.82) is 0 Å². The molecule has 0 fully saturated rings. The maximum absolute atomic E-state index is 11.9. The molecule has 0 aliphatic rings. The van der Waals surface area contributed by atoms with Gasteiger partial charge < -0.3 is 5.73 Å². The Labute approximate surface area is 140 Å². The molecule has 4 heteroatoms. The second-order valence-electron chi connectivity index (χ2n) is 5.37.